The maximum absolute atomic E-state index is 13.5. The molecule has 3 heterocycles. The summed E-state index contributed by atoms with van der Waals surface area (Å²) in [4.78, 5) is 37.2. The predicted molar refractivity (Wildman–Crippen MR) is 152 cm³/mol. The molecule has 2 aliphatic heterocycles. The number of rotatable bonds is 8. The van der Waals surface area contributed by atoms with Gasteiger partial charge in [-0.2, -0.15) is 13.2 Å². The Labute approximate surface area is 246 Å². The number of hydrogen-bond acceptors (Lipinski definition) is 7. The Hall–Kier alpha value is -3.54. The van der Waals surface area contributed by atoms with Crippen molar-refractivity contribution < 1.29 is 27.5 Å². The topological polar surface area (TPSA) is 87.7 Å². The molecule has 42 heavy (non-hydrogen) atoms. The fourth-order valence-corrected chi connectivity index (χ4v) is 5.60. The van der Waals surface area contributed by atoms with Gasteiger partial charge in [0.25, 0.3) is 0 Å². The van der Waals surface area contributed by atoms with Gasteiger partial charge in [0.2, 0.25) is 11.9 Å². The van der Waals surface area contributed by atoms with Crippen LogP contribution in [0.25, 0.3) is 11.3 Å². The maximum Gasteiger partial charge on any atom is 0.416 e. The van der Waals surface area contributed by atoms with Gasteiger partial charge in [-0.15, -0.1) is 0 Å². The summed E-state index contributed by atoms with van der Waals surface area (Å²) in [5, 5.41) is 3.66. The number of alkyl halides is 3. The van der Waals surface area contributed by atoms with E-state index in [2.05, 4.69) is 15.3 Å². The Morgan fingerprint density at radius 1 is 1.24 bits per heavy atom. The molecule has 1 saturated heterocycles. The van der Waals surface area contributed by atoms with E-state index in [1.807, 2.05) is 6.07 Å². The Balaban J connectivity index is 1.25. The summed E-state index contributed by atoms with van der Waals surface area (Å²) in [6, 6.07) is 9.64. The number of benzene rings is 2. The minimum Gasteiger partial charge on any atom is -0.381 e. The number of amides is 1. The average molecular weight is 602 g/mol. The molecular weight excluding hydrogens is 571 g/mol. The first-order chi connectivity index (χ1) is 20.1. The summed E-state index contributed by atoms with van der Waals surface area (Å²) in [7, 11) is 1.73. The van der Waals surface area contributed by atoms with E-state index in [1.54, 1.807) is 30.1 Å². The highest BCUT2D eigenvalue weighted by Gasteiger charge is 2.36. The van der Waals surface area contributed by atoms with E-state index in [4.69, 9.17) is 16.3 Å². The van der Waals surface area contributed by atoms with Crippen molar-refractivity contribution in [3.05, 3.63) is 75.4 Å². The lowest BCUT2D eigenvalue weighted by Crippen LogP contribution is -2.42. The van der Waals surface area contributed by atoms with E-state index in [0.29, 0.717) is 65.1 Å². The summed E-state index contributed by atoms with van der Waals surface area (Å²) >= 11 is 6.42. The van der Waals surface area contributed by atoms with Gasteiger partial charge in [0.1, 0.15) is 6.29 Å². The van der Waals surface area contributed by atoms with Gasteiger partial charge in [-0.05, 0) is 55.1 Å². The third-order valence-electron chi connectivity index (χ3n) is 7.62. The molecule has 0 radical (unpaired) electrons. The quantitative estimate of drug-likeness (QED) is 0.354. The van der Waals surface area contributed by atoms with Crippen LogP contribution >= 0.6 is 11.6 Å². The van der Waals surface area contributed by atoms with Crippen LogP contribution in [0.1, 0.15) is 45.5 Å². The van der Waals surface area contributed by atoms with Gasteiger partial charge in [-0.25, -0.2) is 9.97 Å². The van der Waals surface area contributed by atoms with Crippen LogP contribution in [-0.2, 0) is 35.2 Å². The molecule has 2 aromatic carbocycles. The molecule has 3 aromatic rings. The fraction of sp³-hybridized carbons (Fsp3) is 0.400. The molecule has 12 heteroatoms. The number of aldehydes is 1. The molecule has 0 spiro atoms. The molecule has 222 valence electrons. The van der Waals surface area contributed by atoms with Crippen LogP contribution in [0.2, 0.25) is 5.02 Å². The second-order valence-corrected chi connectivity index (χ2v) is 11.0. The molecule has 0 bridgehead atoms. The number of ether oxygens (including phenoxy) is 1. The lowest BCUT2D eigenvalue weighted by Gasteiger charge is -2.32. The number of carbonyl (C=O) groups excluding carboxylic acids is 2. The van der Waals surface area contributed by atoms with Gasteiger partial charge in [0.15, 0.2) is 0 Å². The van der Waals surface area contributed by atoms with Gasteiger partial charge < -0.3 is 15.0 Å². The van der Waals surface area contributed by atoms with Crippen molar-refractivity contribution in [2.45, 2.75) is 44.6 Å². The molecule has 2 aliphatic rings. The van der Waals surface area contributed by atoms with Crippen molar-refractivity contribution in [2.75, 3.05) is 38.7 Å². The molecular formula is C30H31ClF3N5O3. The van der Waals surface area contributed by atoms with E-state index in [9.17, 15) is 22.8 Å². The van der Waals surface area contributed by atoms with Gasteiger partial charge in [0.05, 0.1) is 29.0 Å². The number of halogens is 4. The Morgan fingerprint density at radius 2 is 2.02 bits per heavy atom. The zero-order chi connectivity index (χ0) is 29.9. The summed E-state index contributed by atoms with van der Waals surface area (Å²) in [6.45, 7) is 1.88. The molecule has 1 amide bonds. The number of aromatic nitrogens is 2. The summed E-state index contributed by atoms with van der Waals surface area (Å²) in [5.41, 5.74) is 2.32. The molecule has 5 rings (SSSR count). The Bertz CT molecular complexity index is 1460. The van der Waals surface area contributed by atoms with Crippen molar-refractivity contribution in [1.82, 2.24) is 19.8 Å². The minimum atomic E-state index is -4.48. The van der Waals surface area contributed by atoms with Crippen LogP contribution in [0.4, 0.5) is 19.1 Å². The van der Waals surface area contributed by atoms with Crippen molar-refractivity contribution in [3.8, 4) is 11.3 Å². The normalized spacial score (nSPS) is 15.9. The number of likely N-dealkylation sites (N-methyl/N-ethyl adjacent to an activating group) is 1. The fourth-order valence-electron chi connectivity index (χ4n) is 5.40. The molecule has 0 aliphatic carbocycles. The van der Waals surface area contributed by atoms with Crippen molar-refractivity contribution in [3.63, 3.8) is 0 Å². The van der Waals surface area contributed by atoms with Crippen LogP contribution in [0.5, 0.6) is 0 Å². The lowest BCUT2D eigenvalue weighted by atomic mass is 9.94. The van der Waals surface area contributed by atoms with Crippen LogP contribution in [0, 0.1) is 0 Å². The van der Waals surface area contributed by atoms with E-state index < -0.39 is 11.7 Å². The first-order valence-corrected chi connectivity index (χ1v) is 14.1. The Morgan fingerprint density at radius 3 is 2.76 bits per heavy atom. The predicted octanol–water partition coefficient (Wildman–Crippen LogP) is 5.24. The smallest absolute Gasteiger partial charge is 0.381 e. The third kappa shape index (κ3) is 6.91. The lowest BCUT2D eigenvalue weighted by molar-refractivity contribution is -0.140. The van der Waals surface area contributed by atoms with Gasteiger partial charge in [0, 0.05) is 50.0 Å². The minimum absolute atomic E-state index is 0.0114. The Kier molecular flexibility index (Phi) is 9.10. The molecule has 0 saturated carbocycles. The van der Waals surface area contributed by atoms with Gasteiger partial charge in [-0.3, -0.25) is 14.5 Å². The first-order valence-electron chi connectivity index (χ1n) is 13.7. The largest absolute Gasteiger partial charge is 0.416 e. The third-order valence-corrected chi connectivity index (χ3v) is 7.90. The van der Waals surface area contributed by atoms with E-state index in [-0.39, 0.29) is 37.1 Å². The summed E-state index contributed by atoms with van der Waals surface area (Å²) in [6.07, 6.45) is -0.156. The van der Waals surface area contributed by atoms with Crippen LogP contribution < -0.4 is 5.32 Å². The van der Waals surface area contributed by atoms with Crippen molar-refractivity contribution in [1.29, 1.82) is 0 Å². The molecule has 1 N–H and O–H groups in total. The second kappa shape index (κ2) is 12.8. The number of nitrogens with one attached hydrogen (secondary N) is 1. The van der Waals surface area contributed by atoms with E-state index in [1.165, 1.54) is 17.2 Å². The van der Waals surface area contributed by atoms with Crippen molar-refractivity contribution in [2.24, 2.45) is 0 Å². The molecule has 1 aromatic heterocycles. The zero-order valence-electron chi connectivity index (χ0n) is 23.1. The van der Waals surface area contributed by atoms with Crippen LogP contribution in [-0.4, -0.2) is 71.4 Å². The highest BCUT2D eigenvalue weighted by Crippen LogP contribution is 2.36. The van der Waals surface area contributed by atoms with E-state index >= 15 is 0 Å². The zero-order valence-corrected chi connectivity index (χ0v) is 23.8. The number of hydrogen-bond donors (Lipinski definition) is 1. The standard InChI is InChI=1S/C30H31ClF3N5O3/c1-38(17-27(41)39-10-7-19-3-2-4-25(24(19)16-39)30(32,33)34)15-21-6-5-20(13-22(21)18-40)28-26(31)14-35-29(37-28)36-23-8-11-42-12-9-23/h2-6,13-14,18,23H,7-12,15-17H2,1H3,(H,35,36,37). The van der Waals surface area contributed by atoms with Crippen LogP contribution in [0.15, 0.2) is 42.6 Å². The van der Waals surface area contributed by atoms with E-state index in [0.717, 1.165) is 25.2 Å². The SMILES string of the molecule is CN(CC(=O)N1CCc2cccc(C(F)(F)F)c2C1)Cc1ccc(-c2nc(NC3CCOCC3)ncc2Cl)cc1C=O. The number of nitrogens with zero attached hydrogens (tertiary/aromatic N) is 4. The van der Waals surface area contributed by atoms with Gasteiger partial charge >= 0.3 is 6.18 Å². The van der Waals surface area contributed by atoms with Crippen molar-refractivity contribution >= 4 is 29.7 Å². The highest BCUT2D eigenvalue weighted by molar-refractivity contribution is 6.32. The molecule has 0 unspecified atom stereocenters. The second-order valence-electron chi connectivity index (χ2n) is 10.6. The molecule has 1 fully saturated rings. The molecule has 0 atom stereocenters. The summed E-state index contributed by atoms with van der Waals surface area (Å²) < 4.78 is 46.0. The van der Waals surface area contributed by atoms with Crippen LogP contribution in [0.3, 0.4) is 0 Å². The number of carbonyl (C=O) groups is 2. The maximum atomic E-state index is 13.5. The van der Waals surface area contributed by atoms with Gasteiger partial charge in [-0.1, -0.05) is 35.9 Å². The number of anilines is 1. The summed E-state index contributed by atoms with van der Waals surface area (Å²) in [5.74, 6) is 0.167. The first kappa shape index (κ1) is 29.9. The average Bonchev–Trinajstić information content (AvgIpc) is 2.97. The molecule has 8 nitrogen and oxygen atoms in total. The number of fused-ring (bicyclic) bond motifs is 1. The monoisotopic (exact) mass is 601 g/mol. The highest BCUT2D eigenvalue weighted by atomic mass is 35.5.